The number of aryl methyl sites for hydroxylation is 1. The molecule has 0 aliphatic heterocycles. The van der Waals surface area contributed by atoms with Gasteiger partial charge < -0.3 is 9.73 Å². The Morgan fingerprint density at radius 1 is 1.10 bits per heavy atom. The van der Waals surface area contributed by atoms with Gasteiger partial charge in [0.25, 0.3) is 0 Å². The van der Waals surface area contributed by atoms with E-state index in [0.29, 0.717) is 18.3 Å². The predicted molar refractivity (Wildman–Crippen MR) is 80.7 cm³/mol. The van der Waals surface area contributed by atoms with Crippen LogP contribution in [-0.2, 0) is 13.1 Å². The molecule has 2 heterocycles. The lowest BCUT2D eigenvalue weighted by molar-refractivity contribution is 0.603. The fourth-order valence-electron chi connectivity index (χ4n) is 2.25. The van der Waals surface area contributed by atoms with Gasteiger partial charge >= 0.3 is 0 Å². The summed E-state index contributed by atoms with van der Waals surface area (Å²) in [5.74, 6) is 0. The molecule has 0 spiro atoms. The number of hydrogen-bond donors (Lipinski definition) is 1. The van der Waals surface area contributed by atoms with Crippen LogP contribution in [0.5, 0.6) is 0 Å². The molecule has 0 amide bonds. The standard InChI is InChI=1S/C16H15ClN2O/c1-11-5-4-6-12(19-11)9-18-10-14-13-7-2-3-8-15(13)20-16(14)17/h2-8,18H,9-10H2,1H3. The molecule has 3 nitrogen and oxygen atoms in total. The molecule has 0 aliphatic carbocycles. The van der Waals surface area contributed by atoms with Crippen molar-refractivity contribution in [1.29, 1.82) is 0 Å². The molecule has 0 bridgehead atoms. The van der Waals surface area contributed by atoms with Crippen LogP contribution >= 0.6 is 11.6 Å². The summed E-state index contributed by atoms with van der Waals surface area (Å²) in [5.41, 5.74) is 3.86. The number of nitrogens with one attached hydrogen (secondary N) is 1. The topological polar surface area (TPSA) is 38.1 Å². The maximum Gasteiger partial charge on any atom is 0.199 e. The Morgan fingerprint density at radius 3 is 2.80 bits per heavy atom. The van der Waals surface area contributed by atoms with E-state index in [-0.39, 0.29) is 0 Å². The molecule has 0 unspecified atom stereocenters. The van der Waals surface area contributed by atoms with Gasteiger partial charge in [-0.05, 0) is 36.7 Å². The second kappa shape index (κ2) is 5.65. The zero-order chi connectivity index (χ0) is 13.9. The molecule has 0 radical (unpaired) electrons. The van der Waals surface area contributed by atoms with Crippen LogP contribution in [0.4, 0.5) is 0 Å². The zero-order valence-corrected chi connectivity index (χ0v) is 11.9. The molecule has 4 heteroatoms. The second-order valence-corrected chi connectivity index (χ2v) is 5.07. The number of hydrogen-bond acceptors (Lipinski definition) is 3. The smallest absolute Gasteiger partial charge is 0.199 e. The van der Waals surface area contributed by atoms with Crippen molar-refractivity contribution in [1.82, 2.24) is 10.3 Å². The Bertz CT molecular complexity index is 736. The van der Waals surface area contributed by atoms with E-state index in [9.17, 15) is 0 Å². The highest BCUT2D eigenvalue weighted by atomic mass is 35.5. The van der Waals surface area contributed by atoms with Crippen LogP contribution < -0.4 is 5.32 Å². The van der Waals surface area contributed by atoms with Crippen LogP contribution in [0.25, 0.3) is 11.0 Å². The molecule has 0 saturated carbocycles. The summed E-state index contributed by atoms with van der Waals surface area (Å²) in [4.78, 5) is 4.46. The molecule has 3 aromatic rings. The van der Waals surface area contributed by atoms with Gasteiger partial charge in [-0.2, -0.15) is 0 Å². The molecule has 20 heavy (non-hydrogen) atoms. The number of pyridine rings is 1. The molecule has 2 aromatic heterocycles. The first kappa shape index (κ1) is 13.2. The van der Waals surface area contributed by atoms with Crippen LogP contribution in [-0.4, -0.2) is 4.98 Å². The van der Waals surface area contributed by atoms with Gasteiger partial charge in [-0.3, -0.25) is 4.98 Å². The summed E-state index contributed by atoms with van der Waals surface area (Å²) in [6, 6.07) is 13.9. The fraction of sp³-hybridized carbons (Fsp3) is 0.188. The molecular formula is C16H15ClN2O. The Morgan fingerprint density at radius 2 is 1.95 bits per heavy atom. The minimum absolute atomic E-state index is 0.455. The number of benzene rings is 1. The number of aromatic nitrogens is 1. The first-order valence-corrected chi connectivity index (χ1v) is 6.91. The van der Waals surface area contributed by atoms with Crippen molar-refractivity contribution in [2.75, 3.05) is 0 Å². The molecule has 0 fully saturated rings. The lowest BCUT2D eigenvalue weighted by atomic mass is 10.2. The highest BCUT2D eigenvalue weighted by molar-refractivity contribution is 6.30. The number of halogens is 1. The minimum atomic E-state index is 0.455. The average molecular weight is 287 g/mol. The van der Waals surface area contributed by atoms with E-state index < -0.39 is 0 Å². The monoisotopic (exact) mass is 286 g/mol. The maximum absolute atomic E-state index is 6.15. The van der Waals surface area contributed by atoms with Crippen LogP contribution in [0.15, 0.2) is 46.9 Å². The van der Waals surface area contributed by atoms with Gasteiger partial charge in [0.15, 0.2) is 5.22 Å². The largest absolute Gasteiger partial charge is 0.444 e. The third-order valence-corrected chi connectivity index (χ3v) is 3.51. The van der Waals surface area contributed by atoms with E-state index in [2.05, 4.69) is 10.3 Å². The molecule has 0 atom stereocenters. The van der Waals surface area contributed by atoms with Gasteiger partial charge in [-0.25, -0.2) is 0 Å². The molecular weight excluding hydrogens is 272 g/mol. The van der Waals surface area contributed by atoms with E-state index >= 15 is 0 Å². The summed E-state index contributed by atoms with van der Waals surface area (Å²) in [5, 5.41) is 4.87. The van der Waals surface area contributed by atoms with E-state index in [0.717, 1.165) is 27.9 Å². The van der Waals surface area contributed by atoms with Crippen LogP contribution in [0, 0.1) is 6.92 Å². The molecule has 1 N–H and O–H groups in total. The second-order valence-electron chi connectivity index (χ2n) is 4.72. The first-order valence-electron chi connectivity index (χ1n) is 6.53. The molecule has 1 aromatic carbocycles. The fourth-order valence-corrected chi connectivity index (χ4v) is 2.50. The molecule has 102 valence electrons. The summed E-state index contributed by atoms with van der Waals surface area (Å²) in [7, 11) is 0. The number of fused-ring (bicyclic) bond motifs is 1. The quantitative estimate of drug-likeness (QED) is 0.785. The van der Waals surface area contributed by atoms with Gasteiger partial charge in [0.1, 0.15) is 5.58 Å². The van der Waals surface area contributed by atoms with Crippen LogP contribution in [0.1, 0.15) is 17.0 Å². The van der Waals surface area contributed by atoms with E-state index in [1.54, 1.807) is 0 Å². The Kier molecular flexibility index (Phi) is 3.72. The number of para-hydroxylation sites is 1. The van der Waals surface area contributed by atoms with Crippen molar-refractivity contribution >= 4 is 22.6 Å². The molecule has 3 rings (SSSR count). The van der Waals surface area contributed by atoms with Gasteiger partial charge in [-0.1, -0.05) is 24.3 Å². The van der Waals surface area contributed by atoms with Crippen molar-refractivity contribution in [3.63, 3.8) is 0 Å². The van der Waals surface area contributed by atoms with Crippen molar-refractivity contribution in [3.05, 3.63) is 64.6 Å². The predicted octanol–water partition coefficient (Wildman–Crippen LogP) is 4.08. The average Bonchev–Trinajstić information content (AvgIpc) is 2.75. The van der Waals surface area contributed by atoms with Crippen molar-refractivity contribution in [2.45, 2.75) is 20.0 Å². The van der Waals surface area contributed by atoms with Gasteiger partial charge in [0.05, 0.1) is 5.69 Å². The van der Waals surface area contributed by atoms with Crippen molar-refractivity contribution in [3.8, 4) is 0 Å². The Hall–Kier alpha value is -1.84. The minimum Gasteiger partial charge on any atom is -0.444 e. The van der Waals surface area contributed by atoms with Crippen molar-refractivity contribution in [2.24, 2.45) is 0 Å². The number of rotatable bonds is 4. The highest BCUT2D eigenvalue weighted by Crippen LogP contribution is 2.29. The summed E-state index contributed by atoms with van der Waals surface area (Å²) < 4.78 is 5.53. The third kappa shape index (κ3) is 2.69. The SMILES string of the molecule is Cc1cccc(CNCc2c(Cl)oc3ccccc23)n1. The third-order valence-electron chi connectivity index (χ3n) is 3.20. The van der Waals surface area contributed by atoms with Gasteiger partial charge in [0, 0.05) is 29.7 Å². The van der Waals surface area contributed by atoms with E-state index in [4.69, 9.17) is 16.0 Å². The van der Waals surface area contributed by atoms with Gasteiger partial charge in [0.2, 0.25) is 0 Å². The normalized spacial score (nSPS) is 11.1. The maximum atomic E-state index is 6.15. The summed E-state index contributed by atoms with van der Waals surface area (Å²) >= 11 is 6.15. The van der Waals surface area contributed by atoms with Crippen LogP contribution in [0.3, 0.4) is 0 Å². The number of furan rings is 1. The van der Waals surface area contributed by atoms with Gasteiger partial charge in [-0.15, -0.1) is 0 Å². The lowest BCUT2D eigenvalue weighted by Crippen LogP contribution is -2.13. The summed E-state index contributed by atoms with van der Waals surface area (Å²) in [6.07, 6.45) is 0. The highest BCUT2D eigenvalue weighted by Gasteiger charge is 2.11. The Labute approximate surface area is 122 Å². The van der Waals surface area contributed by atoms with Crippen LogP contribution in [0.2, 0.25) is 5.22 Å². The van der Waals surface area contributed by atoms with E-state index in [1.807, 2.05) is 49.4 Å². The number of nitrogens with zero attached hydrogens (tertiary/aromatic N) is 1. The zero-order valence-electron chi connectivity index (χ0n) is 11.2. The van der Waals surface area contributed by atoms with Crippen molar-refractivity contribution < 1.29 is 4.42 Å². The first-order chi connectivity index (χ1) is 9.74. The summed E-state index contributed by atoms with van der Waals surface area (Å²) in [6.45, 7) is 3.35. The molecule has 0 aliphatic rings. The lowest BCUT2D eigenvalue weighted by Gasteiger charge is -2.04. The van der Waals surface area contributed by atoms with E-state index in [1.165, 1.54) is 0 Å². The molecule has 0 saturated heterocycles. The Balaban J connectivity index is 1.73.